The molecule has 1 aromatic rings. The van der Waals surface area contributed by atoms with Crippen molar-refractivity contribution in [3.8, 4) is 0 Å². The van der Waals surface area contributed by atoms with Crippen LogP contribution in [0.5, 0.6) is 0 Å². The molecule has 0 aliphatic heterocycles. The van der Waals surface area contributed by atoms with Crippen LogP contribution in [0.25, 0.3) is 0 Å². The van der Waals surface area contributed by atoms with Gasteiger partial charge in [-0.2, -0.15) is 0 Å². The van der Waals surface area contributed by atoms with Gasteiger partial charge in [-0.15, -0.1) is 11.8 Å². The number of aryl methyl sites for hydroxylation is 1. The first-order chi connectivity index (χ1) is 9.93. The molecule has 5 nitrogen and oxygen atoms in total. The second-order valence-electron chi connectivity index (χ2n) is 4.38. The normalized spacial score (nSPS) is 11.8. The molecular weight excluding hydrogens is 312 g/mol. The van der Waals surface area contributed by atoms with Gasteiger partial charge in [0.1, 0.15) is 6.04 Å². The fourth-order valence-corrected chi connectivity index (χ4v) is 2.54. The molecule has 0 heterocycles. The van der Waals surface area contributed by atoms with Crippen molar-refractivity contribution < 1.29 is 14.3 Å². The van der Waals surface area contributed by atoms with Crippen molar-refractivity contribution in [1.82, 2.24) is 0 Å². The summed E-state index contributed by atoms with van der Waals surface area (Å²) in [7, 11) is 0. The summed E-state index contributed by atoms with van der Waals surface area (Å²) >= 11 is 7.14. The van der Waals surface area contributed by atoms with E-state index >= 15 is 0 Å². The Balaban J connectivity index is 2.36. The van der Waals surface area contributed by atoms with Crippen LogP contribution in [0.4, 0.5) is 5.69 Å². The first kappa shape index (κ1) is 17.8. The Hall–Kier alpha value is -1.24. The summed E-state index contributed by atoms with van der Waals surface area (Å²) in [5.74, 6) is -0.0402. The van der Waals surface area contributed by atoms with Crippen LogP contribution in [0.3, 0.4) is 0 Å². The lowest BCUT2D eigenvalue weighted by atomic mass is 10.2. The zero-order valence-corrected chi connectivity index (χ0v) is 13.6. The number of benzene rings is 1. The third-order valence-corrected chi connectivity index (χ3v) is 3.88. The van der Waals surface area contributed by atoms with Crippen LogP contribution in [-0.4, -0.2) is 36.0 Å². The van der Waals surface area contributed by atoms with Crippen molar-refractivity contribution in [2.75, 3.05) is 23.4 Å². The number of hydrogen-bond donors (Lipinski definition) is 2. The maximum absolute atomic E-state index is 11.8. The van der Waals surface area contributed by atoms with E-state index in [1.54, 1.807) is 25.1 Å². The molecule has 0 saturated carbocycles. The quantitative estimate of drug-likeness (QED) is 0.749. The molecule has 0 spiro atoms. The molecule has 0 fully saturated rings. The zero-order chi connectivity index (χ0) is 15.8. The van der Waals surface area contributed by atoms with Crippen LogP contribution >= 0.6 is 23.4 Å². The maximum Gasteiger partial charge on any atom is 0.323 e. The third kappa shape index (κ3) is 6.37. The Morgan fingerprint density at radius 2 is 2.19 bits per heavy atom. The standard InChI is InChI=1S/C14H19ClN2O3S/c1-3-20-14(19)11(16)7-21-8-13(18)17-12-5-4-10(15)6-9(12)2/h4-6,11H,3,7-8,16H2,1-2H3,(H,17,18). The molecule has 1 amide bonds. The average molecular weight is 331 g/mol. The van der Waals surface area contributed by atoms with E-state index in [0.717, 1.165) is 11.3 Å². The van der Waals surface area contributed by atoms with E-state index in [0.29, 0.717) is 17.4 Å². The van der Waals surface area contributed by atoms with Crippen molar-refractivity contribution in [1.29, 1.82) is 0 Å². The van der Waals surface area contributed by atoms with E-state index in [2.05, 4.69) is 5.32 Å². The molecule has 1 atom stereocenters. The summed E-state index contributed by atoms with van der Waals surface area (Å²) in [5.41, 5.74) is 7.26. The first-order valence-corrected chi connectivity index (χ1v) is 8.03. The van der Waals surface area contributed by atoms with E-state index in [1.165, 1.54) is 11.8 Å². The lowest BCUT2D eigenvalue weighted by Crippen LogP contribution is -2.35. The smallest absolute Gasteiger partial charge is 0.323 e. The molecule has 21 heavy (non-hydrogen) atoms. The Morgan fingerprint density at radius 1 is 1.48 bits per heavy atom. The highest BCUT2D eigenvalue weighted by Gasteiger charge is 2.15. The number of rotatable bonds is 7. The van der Waals surface area contributed by atoms with Crippen LogP contribution in [0.1, 0.15) is 12.5 Å². The number of esters is 1. The van der Waals surface area contributed by atoms with Gasteiger partial charge in [0.2, 0.25) is 5.91 Å². The van der Waals surface area contributed by atoms with Crippen molar-refractivity contribution >= 4 is 40.9 Å². The predicted octanol–water partition coefficient (Wildman–Crippen LogP) is 2.21. The Labute approximate surface area is 133 Å². The van der Waals surface area contributed by atoms with Crippen LogP contribution in [0.2, 0.25) is 5.02 Å². The molecule has 0 aliphatic carbocycles. The second-order valence-corrected chi connectivity index (χ2v) is 5.85. The predicted molar refractivity (Wildman–Crippen MR) is 86.8 cm³/mol. The molecule has 1 unspecified atom stereocenters. The van der Waals surface area contributed by atoms with Gasteiger partial charge in [0, 0.05) is 16.5 Å². The van der Waals surface area contributed by atoms with Crippen molar-refractivity contribution in [3.05, 3.63) is 28.8 Å². The highest BCUT2D eigenvalue weighted by molar-refractivity contribution is 8.00. The van der Waals surface area contributed by atoms with Gasteiger partial charge >= 0.3 is 5.97 Å². The highest BCUT2D eigenvalue weighted by Crippen LogP contribution is 2.19. The second kappa shape index (κ2) is 8.92. The van der Waals surface area contributed by atoms with Gasteiger partial charge in [-0.05, 0) is 37.6 Å². The molecule has 0 bridgehead atoms. The van der Waals surface area contributed by atoms with E-state index in [1.807, 2.05) is 6.92 Å². The molecule has 0 radical (unpaired) electrons. The molecule has 7 heteroatoms. The van der Waals surface area contributed by atoms with Gasteiger partial charge in [-0.3, -0.25) is 9.59 Å². The minimum Gasteiger partial charge on any atom is -0.465 e. The van der Waals surface area contributed by atoms with E-state index < -0.39 is 12.0 Å². The highest BCUT2D eigenvalue weighted by atomic mass is 35.5. The van der Waals surface area contributed by atoms with E-state index in [-0.39, 0.29) is 11.7 Å². The SMILES string of the molecule is CCOC(=O)C(N)CSCC(=O)Nc1ccc(Cl)cc1C. The number of nitrogens with two attached hydrogens (primary N) is 1. The number of hydrogen-bond acceptors (Lipinski definition) is 5. The number of halogens is 1. The molecule has 116 valence electrons. The van der Waals surface area contributed by atoms with E-state index in [9.17, 15) is 9.59 Å². The number of carbonyl (C=O) groups is 2. The number of amides is 1. The number of ether oxygens (including phenoxy) is 1. The van der Waals surface area contributed by atoms with Crippen LogP contribution in [0, 0.1) is 6.92 Å². The summed E-state index contributed by atoms with van der Waals surface area (Å²) in [6.45, 7) is 3.89. The average Bonchev–Trinajstić information content (AvgIpc) is 2.42. The first-order valence-electron chi connectivity index (χ1n) is 6.50. The van der Waals surface area contributed by atoms with Crippen molar-refractivity contribution in [3.63, 3.8) is 0 Å². The van der Waals surface area contributed by atoms with Crippen LogP contribution in [-0.2, 0) is 14.3 Å². The van der Waals surface area contributed by atoms with Crippen LogP contribution in [0.15, 0.2) is 18.2 Å². The molecule has 3 N–H and O–H groups in total. The lowest BCUT2D eigenvalue weighted by molar-refractivity contribution is -0.144. The minimum atomic E-state index is -0.708. The summed E-state index contributed by atoms with van der Waals surface area (Å²) in [6.07, 6.45) is 0. The van der Waals surface area contributed by atoms with Gasteiger partial charge in [-0.1, -0.05) is 11.6 Å². The minimum absolute atomic E-state index is 0.151. The van der Waals surface area contributed by atoms with Gasteiger partial charge in [0.05, 0.1) is 12.4 Å². The van der Waals surface area contributed by atoms with Crippen LogP contribution < -0.4 is 11.1 Å². The largest absolute Gasteiger partial charge is 0.465 e. The lowest BCUT2D eigenvalue weighted by Gasteiger charge is -2.11. The molecule has 0 aliphatic rings. The topological polar surface area (TPSA) is 81.4 Å². The molecule has 0 aromatic heterocycles. The summed E-state index contributed by atoms with van der Waals surface area (Å²) < 4.78 is 4.79. The molecule has 0 saturated heterocycles. The molecule has 1 rings (SSSR count). The Bertz CT molecular complexity index is 511. The number of anilines is 1. The number of nitrogens with one attached hydrogen (secondary N) is 1. The van der Waals surface area contributed by atoms with Gasteiger partial charge in [0.15, 0.2) is 0 Å². The zero-order valence-electron chi connectivity index (χ0n) is 12.0. The Morgan fingerprint density at radius 3 is 2.81 bits per heavy atom. The fraction of sp³-hybridized carbons (Fsp3) is 0.429. The fourth-order valence-electron chi connectivity index (χ4n) is 1.55. The maximum atomic E-state index is 11.8. The summed E-state index contributed by atoms with van der Waals surface area (Å²) in [6, 6.07) is 4.54. The van der Waals surface area contributed by atoms with Gasteiger partial charge < -0.3 is 15.8 Å². The summed E-state index contributed by atoms with van der Waals surface area (Å²) in [5, 5.41) is 3.42. The molecular formula is C14H19ClN2O3S. The summed E-state index contributed by atoms with van der Waals surface area (Å²) in [4.78, 5) is 23.1. The van der Waals surface area contributed by atoms with E-state index in [4.69, 9.17) is 22.1 Å². The third-order valence-electron chi connectivity index (χ3n) is 2.58. The van der Waals surface area contributed by atoms with Gasteiger partial charge in [-0.25, -0.2) is 0 Å². The number of carbonyl (C=O) groups excluding carboxylic acids is 2. The monoisotopic (exact) mass is 330 g/mol. The number of thioether (sulfide) groups is 1. The van der Waals surface area contributed by atoms with Crippen molar-refractivity contribution in [2.45, 2.75) is 19.9 Å². The Kier molecular flexibility index (Phi) is 7.56. The van der Waals surface area contributed by atoms with Crippen molar-refractivity contribution in [2.24, 2.45) is 5.73 Å². The molecule has 1 aromatic carbocycles. The van der Waals surface area contributed by atoms with Gasteiger partial charge in [0.25, 0.3) is 0 Å².